The molecule has 0 spiro atoms. The minimum atomic E-state index is -0.314. The Balaban J connectivity index is 2.01. The van der Waals surface area contributed by atoms with Crippen molar-refractivity contribution in [3.05, 3.63) is 57.4 Å². The molecule has 1 heterocycles. The molecule has 0 aliphatic rings. The van der Waals surface area contributed by atoms with Crippen molar-refractivity contribution >= 4 is 33.4 Å². The van der Waals surface area contributed by atoms with Crippen molar-refractivity contribution in [2.24, 2.45) is 0 Å². The van der Waals surface area contributed by atoms with E-state index < -0.39 is 0 Å². The molecule has 0 fully saturated rings. The van der Waals surface area contributed by atoms with E-state index in [2.05, 4.69) is 21.2 Å². The van der Waals surface area contributed by atoms with E-state index in [1.54, 1.807) is 25.3 Å². The van der Waals surface area contributed by atoms with Crippen molar-refractivity contribution in [3.63, 3.8) is 0 Å². The molecular formula is C14H13BrClNO3. The van der Waals surface area contributed by atoms with E-state index in [9.17, 15) is 4.79 Å². The summed E-state index contributed by atoms with van der Waals surface area (Å²) < 4.78 is 11.1. The quantitative estimate of drug-likeness (QED) is 0.884. The number of hydrogen-bond donors (Lipinski definition) is 1. The summed E-state index contributed by atoms with van der Waals surface area (Å²) in [7, 11) is 1.57. The van der Waals surface area contributed by atoms with Gasteiger partial charge in [0.05, 0.1) is 0 Å². The fourth-order valence-corrected chi connectivity index (χ4v) is 2.33. The lowest BCUT2D eigenvalue weighted by Crippen LogP contribution is -2.29. The van der Waals surface area contributed by atoms with Gasteiger partial charge in [-0.05, 0) is 34.1 Å². The van der Waals surface area contributed by atoms with Crippen molar-refractivity contribution in [2.75, 3.05) is 13.7 Å². The maximum Gasteiger partial charge on any atom is 0.287 e. The smallest absolute Gasteiger partial charge is 0.287 e. The second-order valence-electron chi connectivity index (χ2n) is 4.06. The predicted molar refractivity (Wildman–Crippen MR) is 79.9 cm³/mol. The molecule has 1 unspecified atom stereocenters. The van der Waals surface area contributed by atoms with Crippen molar-refractivity contribution in [2.45, 2.75) is 6.10 Å². The van der Waals surface area contributed by atoms with E-state index in [0.717, 1.165) is 5.56 Å². The largest absolute Gasteiger partial charge is 0.444 e. The second kappa shape index (κ2) is 6.92. The van der Waals surface area contributed by atoms with E-state index >= 15 is 0 Å². The molecule has 0 saturated heterocycles. The molecule has 0 aliphatic heterocycles. The van der Waals surface area contributed by atoms with Crippen LogP contribution in [-0.2, 0) is 4.74 Å². The number of benzene rings is 1. The lowest BCUT2D eigenvalue weighted by Gasteiger charge is -2.17. The number of hydrogen-bond acceptors (Lipinski definition) is 3. The minimum absolute atomic E-state index is 0.242. The Morgan fingerprint density at radius 3 is 2.75 bits per heavy atom. The van der Waals surface area contributed by atoms with E-state index in [4.69, 9.17) is 20.8 Å². The predicted octanol–water partition coefficient (Wildman–Crippen LogP) is 3.81. The Kier molecular flexibility index (Phi) is 5.23. The van der Waals surface area contributed by atoms with Gasteiger partial charge in [0.15, 0.2) is 10.4 Å². The Morgan fingerprint density at radius 2 is 2.15 bits per heavy atom. The van der Waals surface area contributed by atoms with Crippen LogP contribution in [0.15, 0.2) is 45.5 Å². The third-order valence-electron chi connectivity index (χ3n) is 2.78. The lowest BCUT2D eigenvalue weighted by atomic mass is 10.1. The fourth-order valence-electron chi connectivity index (χ4n) is 1.77. The zero-order valence-corrected chi connectivity index (χ0v) is 13.1. The van der Waals surface area contributed by atoms with Gasteiger partial charge in [0.2, 0.25) is 0 Å². The Morgan fingerprint density at radius 1 is 1.40 bits per heavy atom. The van der Waals surface area contributed by atoms with Crippen LogP contribution in [0.5, 0.6) is 0 Å². The first-order chi connectivity index (χ1) is 9.61. The maximum atomic E-state index is 11.9. The SMILES string of the molecule is COC(CNC(=O)c1ccc(Br)o1)c1ccccc1Cl. The summed E-state index contributed by atoms with van der Waals surface area (Å²) >= 11 is 9.27. The van der Waals surface area contributed by atoms with Crippen molar-refractivity contribution in [1.29, 1.82) is 0 Å². The molecule has 0 aliphatic carbocycles. The van der Waals surface area contributed by atoms with Crippen LogP contribution in [0.2, 0.25) is 5.02 Å². The third kappa shape index (κ3) is 3.62. The molecule has 4 nitrogen and oxygen atoms in total. The number of halogens is 2. The van der Waals surface area contributed by atoms with Gasteiger partial charge < -0.3 is 14.5 Å². The monoisotopic (exact) mass is 357 g/mol. The van der Waals surface area contributed by atoms with Crippen molar-refractivity contribution in [3.8, 4) is 0 Å². The highest BCUT2D eigenvalue weighted by Crippen LogP contribution is 2.24. The molecule has 0 radical (unpaired) electrons. The molecule has 1 atom stereocenters. The summed E-state index contributed by atoms with van der Waals surface area (Å²) in [5.41, 5.74) is 0.831. The molecule has 6 heteroatoms. The molecule has 0 saturated carbocycles. The topological polar surface area (TPSA) is 51.5 Å². The molecule has 1 amide bonds. The Bertz CT molecular complexity index is 600. The normalized spacial score (nSPS) is 12.2. The molecule has 1 aromatic carbocycles. The zero-order chi connectivity index (χ0) is 14.5. The zero-order valence-electron chi connectivity index (χ0n) is 10.7. The number of ether oxygens (including phenoxy) is 1. The fraction of sp³-hybridized carbons (Fsp3) is 0.214. The van der Waals surface area contributed by atoms with Crippen LogP contribution in [0, 0.1) is 0 Å². The number of rotatable bonds is 5. The molecule has 2 rings (SSSR count). The number of nitrogens with one attached hydrogen (secondary N) is 1. The van der Waals surface area contributed by atoms with Crippen LogP contribution in [0.4, 0.5) is 0 Å². The summed E-state index contributed by atoms with van der Waals surface area (Å²) in [6, 6.07) is 10.6. The number of furan rings is 1. The van der Waals surface area contributed by atoms with Gasteiger partial charge in [-0.15, -0.1) is 0 Å². The summed E-state index contributed by atoms with van der Waals surface area (Å²) in [6.45, 7) is 0.303. The highest BCUT2D eigenvalue weighted by atomic mass is 79.9. The summed E-state index contributed by atoms with van der Waals surface area (Å²) in [6.07, 6.45) is -0.314. The molecule has 1 N–H and O–H groups in total. The van der Waals surface area contributed by atoms with Crippen LogP contribution >= 0.6 is 27.5 Å². The standard InChI is InChI=1S/C14H13BrClNO3/c1-19-12(9-4-2-3-5-10(9)16)8-17-14(18)11-6-7-13(15)20-11/h2-7,12H,8H2,1H3,(H,17,18). The number of carbonyl (C=O) groups is 1. The van der Waals surface area contributed by atoms with Gasteiger partial charge in [-0.2, -0.15) is 0 Å². The van der Waals surface area contributed by atoms with E-state index in [0.29, 0.717) is 16.2 Å². The van der Waals surface area contributed by atoms with Crippen molar-refractivity contribution < 1.29 is 13.9 Å². The number of carbonyl (C=O) groups excluding carboxylic acids is 1. The third-order valence-corrected chi connectivity index (χ3v) is 3.55. The Labute approximate surface area is 130 Å². The van der Waals surface area contributed by atoms with E-state index in [1.807, 2.05) is 18.2 Å². The molecule has 106 valence electrons. The molecule has 20 heavy (non-hydrogen) atoms. The summed E-state index contributed by atoms with van der Waals surface area (Å²) in [5.74, 6) is -0.0595. The van der Waals surface area contributed by atoms with Gasteiger partial charge in [0.25, 0.3) is 5.91 Å². The average Bonchev–Trinajstić information content (AvgIpc) is 2.88. The molecule has 2 aromatic rings. The van der Waals surface area contributed by atoms with Crippen LogP contribution in [0.3, 0.4) is 0 Å². The van der Waals surface area contributed by atoms with E-state index in [1.165, 1.54) is 0 Å². The number of methoxy groups -OCH3 is 1. The summed E-state index contributed by atoms with van der Waals surface area (Å²) in [4.78, 5) is 11.9. The second-order valence-corrected chi connectivity index (χ2v) is 5.25. The van der Waals surface area contributed by atoms with E-state index in [-0.39, 0.29) is 17.8 Å². The van der Waals surface area contributed by atoms with Crippen LogP contribution < -0.4 is 5.32 Å². The van der Waals surface area contributed by atoms with Crippen LogP contribution in [0.1, 0.15) is 22.2 Å². The first-order valence-corrected chi connectivity index (χ1v) is 7.09. The van der Waals surface area contributed by atoms with Gasteiger partial charge >= 0.3 is 0 Å². The Hall–Kier alpha value is -1.30. The minimum Gasteiger partial charge on any atom is -0.444 e. The van der Waals surface area contributed by atoms with Crippen LogP contribution in [-0.4, -0.2) is 19.6 Å². The highest BCUT2D eigenvalue weighted by molar-refractivity contribution is 9.10. The van der Waals surface area contributed by atoms with Gasteiger partial charge in [-0.3, -0.25) is 4.79 Å². The maximum absolute atomic E-state index is 11.9. The van der Waals surface area contributed by atoms with Gasteiger partial charge in [-0.1, -0.05) is 29.8 Å². The van der Waals surface area contributed by atoms with Gasteiger partial charge in [0.1, 0.15) is 6.10 Å². The molecular weight excluding hydrogens is 346 g/mol. The summed E-state index contributed by atoms with van der Waals surface area (Å²) in [5, 5.41) is 3.36. The van der Waals surface area contributed by atoms with Crippen molar-refractivity contribution in [1.82, 2.24) is 5.32 Å². The highest BCUT2D eigenvalue weighted by Gasteiger charge is 2.16. The van der Waals surface area contributed by atoms with Gasteiger partial charge in [-0.25, -0.2) is 0 Å². The average molecular weight is 359 g/mol. The molecule has 0 bridgehead atoms. The molecule has 1 aromatic heterocycles. The van der Waals surface area contributed by atoms with Gasteiger partial charge in [0, 0.05) is 24.2 Å². The number of amides is 1. The first-order valence-electron chi connectivity index (χ1n) is 5.92. The van der Waals surface area contributed by atoms with Crippen LogP contribution in [0.25, 0.3) is 0 Å². The first kappa shape index (κ1) is 15.1. The lowest BCUT2D eigenvalue weighted by molar-refractivity contribution is 0.0806.